The first-order valence-corrected chi connectivity index (χ1v) is 8.21. The van der Waals surface area contributed by atoms with Crippen LogP contribution in [0, 0.1) is 12.8 Å². The molecule has 7 nitrogen and oxygen atoms in total. The van der Waals surface area contributed by atoms with Gasteiger partial charge in [0.05, 0.1) is 32.1 Å². The number of methoxy groups -OCH3 is 1. The summed E-state index contributed by atoms with van der Waals surface area (Å²) in [6, 6.07) is 9.06. The minimum Gasteiger partial charge on any atom is -0.493 e. The molecule has 7 heteroatoms. The van der Waals surface area contributed by atoms with E-state index in [9.17, 15) is 4.79 Å². The smallest absolute Gasteiger partial charge is 0.258 e. The van der Waals surface area contributed by atoms with Gasteiger partial charge in [-0.05, 0) is 19.1 Å². The number of ether oxygens (including phenoxy) is 3. The summed E-state index contributed by atoms with van der Waals surface area (Å²) in [6.45, 7) is 2.87. The second-order valence-corrected chi connectivity index (χ2v) is 6.05. The lowest BCUT2D eigenvalue weighted by Gasteiger charge is -2.18. The number of benzene rings is 1. The van der Waals surface area contributed by atoms with Gasteiger partial charge in [-0.2, -0.15) is 0 Å². The van der Waals surface area contributed by atoms with Crippen LogP contribution in [-0.2, 0) is 16.0 Å². The number of aryl methyl sites for hydroxylation is 1. The molecule has 0 saturated carbocycles. The Hall–Kier alpha value is -2.54. The van der Waals surface area contributed by atoms with E-state index in [-0.39, 0.29) is 24.5 Å². The van der Waals surface area contributed by atoms with Gasteiger partial charge in [0, 0.05) is 18.4 Å². The molecule has 1 aromatic heterocycles. The van der Waals surface area contributed by atoms with Crippen LogP contribution in [0.25, 0.3) is 0 Å². The van der Waals surface area contributed by atoms with Gasteiger partial charge < -0.3 is 24.1 Å². The molecule has 134 valence electrons. The van der Waals surface area contributed by atoms with E-state index in [1.807, 2.05) is 25.1 Å². The van der Waals surface area contributed by atoms with Crippen LogP contribution in [0.4, 0.5) is 0 Å². The summed E-state index contributed by atoms with van der Waals surface area (Å²) in [5.74, 6) is 1.90. The SMILES string of the molecule is COc1ccccc1OCC(=O)N[C@H]1COC[C@H]1Cc1cc(C)no1. The van der Waals surface area contributed by atoms with Crippen LogP contribution in [0.5, 0.6) is 11.5 Å². The number of para-hydroxylation sites is 2. The summed E-state index contributed by atoms with van der Waals surface area (Å²) < 4.78 is 21.5. The highest BCUT2D eigenvalue weighted by molar-refractivity contribution is 5.78. The number of carbonyl (C=O) groups is 1. The summed E-state index contributed by atoms with van der Waals surface area (Å²) in [6.07, 6.45) is 0.680. The van der Waals surface area contributed by atoms with Crippen LogP contribution in [0.3, 0.4) is 0 Å². The van der Waals surface area contributed by atoms with Crippen molar-refractivity contribution in [3.63, 3.8) is 0 Å². The molecule has 25 heavy (non-hydrogen) atoms. The zero-order valence-electron chi connectivity index (χ0n) is 14.4. The molecule has 1 aliphatic rings. The Morgan fingerprint density at radius 3 is 2.84 bits per heavy atom. The van der Waals surface area contributed by atoms with Gasteiger partial charge in [-0.25, -0.2) is 0 Å². The molecule has 0 spiro atoms. The van der Waals surface area contributed by atoms with Gasteiger partial charge in [-0.3, -0.25) is 4.79 Å². The van der Waals surface area contributed by atoms with Crippen LogP contribution < -0.4 is 14.8 Å². The summed E-state index contributed by atoms with van der Waals surface area (Å²) in [7, 11) is 1.56. The molecule has 0 bridgehead atoms. The molecule has 3 rings (SSSR count). The third-order valence-electron chi connectivity index (χ3n) is 4.11. The van der Waals surface area contributed by atoms with E-state index in [4.69, 9.17) is 18.7 Å². The molecule has 1 saturated heterocycles. The Kier molecular flexibility index (Phi) is 5.55. The minimum atomic E-state index is -0.194. The second-order valence-electron chi connectivity index (χ2n) is 6.05. The molecule has 2 atom stereocenters. The van der Waals surface area contributed by atoms with Gasteiger partial charge in [0.15, 0.2) is 18.1 Å². The van der Waals surface area contributed by atoms with Crippen molar-refractivity contribution in [2.24, 2.45) is 5.92 Å². The molecule has 0 aliphatic carbocycles. The topological polar surface area (TPSA) is 82.8 Å². The molecule has 2 heterocycles. The zero-order chi connectivity index (χ0) is 17.6. The van der Waals surface area contributed by atoms with E-state index in [0.717, 1.165) is 11.5 Å². The first kappa shape index (κ1) is 17.3. The Balaban J connectivity index is 1.51. The van der Waals surface area contributed by atoms with Crippen molar-refractivity contribution in [1.82, 2.24) is 10.5 Å². The quantitative estimate of drug-likeness (QED) is 0.822. The van der Waals surface area contributed by atoms with Crippen molar-refractivity contribution in [3.05, 3.63) is 41.8 Å². The maximum atomic E-state index is 12.2. The normalized spacial score (nSPS) is 19.6. The molecular formula is C18H22N2O5. The Bertz CT molecular complexity index is 715. The number of nitrogens with one attached hydrogen (secondary N) is 1. The van der Waals surface area contributed by atoms with Crippen LogP contribution in [0.1, 0.15) is 11.5 Å². The molecule has 2 aromatic rings. The highest BCUT2D eigenvalue weighted by Gasteiger charge is 2.30. The number of carbonyl (C=O) groups excluding carboxylic acids is 1. The van der Waals surface area contributed by atoms with Crippen molar-refractivity contribution in [3.8, 4) is 11.5 Å². The molecule has 0 radical (unpaired) electrons. The average molecular weight is 346 g/mol. The largest absolute Gasteiger partial charge is 0.493 e. The number of nitrogens with zero attached hydrogens (tertiary/aromatic N) is 1. The van der Waals surface area contributed by atoms with Gasteiger partial charge in [-0.1, -0.05) is 17.3 Å². The lowest BCUT2D eigenvalue weighted by atomic mass is 9.98. The predicted octanol–water partition coefficient (Wildman–Crippen LogP) is 1.74. The third-order valence-corrected chi connectivity index (χ3v) is 4.11. The van der Waals surface area contributed by atoms with Crippen molar-refractivity contribution < 1.29 is 23.5 Å². The van der Waals surface area contributed by atoms with Gasteiger partial charge in [0.25, 0.3) is 5.91 Å². The van der Waals surface area contributed by atoms with Crippen LogP contribution in [-0.4, -0.2) is 44.0 Å². The monoisotopic (exact) mass is 346 g/mol. The average Bonchev–Trinajstić information content (AvgIpc) is 3.22. The molecule has 1 aromatic carbocycles. The van der Waals surface area contributed by atoms with Crippen molar-refractivity contribution in [1.29, 1.82) is 0 Å². The standard InChI is InChI=1S/C18H22N2O5/c1-12-7-14(25-20-12)8-13-9-23-10-15(13)19-18(21)11-24-17-6-4-3-5-16(17)22-2/h3-7,13,15H,8-11H2,1-2H3,(H,19,21)/t13-,15+/m1/s1. The van der Waals surface area contributed by atoms with E-state index < -0.39 is 0 Å². The van der Waals surface area contributed by atoms with Crippen molar-refractivity contribution in [2.75, 3.05) is 26.9 Å². The first-order valence-electron chi connectivity index (χ1n) is 8.21. The Morgan fingerprint density at radius 1 is 1.32 bits per heavy atom. The molecule has 1 amide bonds. The van der Waals surface area contributed by atoms with Crippen LogP contribution in [0.15, 0.2) is 34.9 Å². The minimum absolute atomic E-state index is 0.0702. The lowest BCUT2D eigenvalue weighted by Crippen LogP contribution is -2.42. The fourth-order valence-corrected chi connectivity index (χ4v) is 2.86. The zero-order valence-corrected chi connectivity index (χ0v) is 14.4. The van der Waals surface area contributed by atoms with E-state index in [0.29, 0.717) is 31.1 Å². The van der Waals surface area contributed by atoms with Crippen LogP contribution in [0.2, 0.25) is 0 Å². The molecule has 1 N–H and O–H groups in total. The van der Waals surface area contributed by atoms with Gasteiger partial charge in [-0.15, -0.1) is 0 Å². The number of amides is 1. The Labute approximate surface area is 146 Å². The summed E-state index contributed by atoms with van der Waals surface area (Å²) in [5.41, 5.74) is 0.847. The second kappa shape index (κ2) is 8.02. The highest BCUT2D eigenvalue weighted by Crippen LogP contribution is 2.25. The lowest BCUT2D eigenvalue weighted by molar-refractivity contribution is -0.124. The highest BCUT2D eigenvalue weighted by atomic mass is 16.5. The Morgan fingerprint density at radius 2 is 2.12 bits per heavy atom. The number of hydrogen-bond donors (Lipinski definition) is 1. The summed E-state index contributed by atoms with van der Waals surface area (Å²) in [5, 5.41) is 6.86. The molecular weight excluding hydrogens is 324 g/mol. The first-order chi connectivity index (χ1) is 12.2. The van der Waals surface area contributed by atoms with Gasteiger partial charge in [0.2, 0.25) is 0 Å². The molecule has 0 unspecified atom stereocenters. The van der Waals surface area contributed by atoms with Gasteiger partial charge in [0.1, 0.15) is 5.76 Å². The number of hydrogen-bond acceptors (Lipinski definition) is 6. The van der Waals surface area contributed by atoms with E-state index in [2.05, 4.69) is 10.5 Å². The maximum absolute atomic E-state index is 12.2. The van der Waals surface area contributed by atoms with E-state index >= 15 is 0 Å². The number of aromatic nitrogens is 1. The van der Waals surface area contributed by atoms with E-state index in [1.54, 1.807) is 19.2 Å². The fourth-order valence-electron chi connectivity index (χ4n) is 2.86. The van der Waals surface area contributed by atoms with E-state index in [1.165, 1.54) is 0 Å². The van der Waals surface area contributed by atoms with Crippen molar-refractivity contribution >= 4 is 5.91 Å². The van der Waals surface area contributed by atoms with Crippen molar-refractivity contribution in [2.45, 2.75) is 19.4 Å². The van der Waals surface area contributed by atoms with Crippen LogP contribution >= 0.6 is 0 Å². The predicted molar refractivity (Wildman–Crippen MR) is 89.7 cm³/mol. The number of rotatable bonds is 7. The maximum Gasteiger partial charge on any atom is 0.258 e. The summed E-state index contributed by atoms with van der Waals surface area (Å²) in [4.78, 5) is 12.2. The molecule has 1 fully saturated rings. The fraction of sp³-hybridized carbons (Fsp3) is 0.444. The van der Waals surface area contributed by atoms with Gasteiger partial charge >= 0.3 is 0 Å². The summed E-state index contributed by atoms with van der Waals surface area (Å²) >= 11 is 0. The third kappa shape index (κ3) is 4.51. The molecule has 1 aliphatic heterocycles.